The highest BCUT2D eigenvalue weighted by molar-refractivity contribution is 6.30. The van der Waals surface area contributed by atoms with Crippen molar-refractivity contribution >= 4 is 34.6 Å². The van der Waals surface area contributed by atoms with Gasteiger partial charge in [-0.3, -0.25) is 9.47 Å². The van der Waals surface area contributed by atoms with Crippen LogP contribution in [0.4, 0.5) is 9.18 Å². The number of nitrogens with zero attached hydrogens (tertiary/aromatic N) is 3. The number of hydrogen-bond acceptors (Lipinski definition) is 3. The van der Waals surface area contributed by atoms with Crippen LogP contribution in [0.25, 0.3) is 17.0 Å². The SMILES string of the molecule is O=C(NCc1ccnc(F)c1)n1c2c(c3cc(C4CC4)ccc31)CN(C/C=C/c1ccc(Cl)cc1)CC2. The summed E-state index contributed by atoms with van der Waals surface area (Å²) in [6, 6.07) is 17.3. The molecule has 4 aromatic rings. The van der Waals surface area contributed by atoms with Gasteiger partial charge in [-0.15, -0.1) is 0 Å². The maximum Gasteiger partial charge on any atom is 0.326 e. The molecule has 1 amide bonds. The molecule has 7 heteroatoms. The summed E-state index contributed by atoms with van der Waals surface area (Å²) in [7, 11) is 0. The number of rotatable bonds is 6. The first-order valence-electron chi connectivity index (χ1n) is 12.7. The lowest BCUT2D eigenvalue weighted by molar-refractivity contribution is 0.240. The van der Waals surface area contributed by atoms with E-state index in [2.05, 4.69) is 45.6 Å². The molecule has 188 valence electrons. The van der Waals surface area contributed by atoms with Crippen molar-refractivity contribution in [2.24, 2.45) is 0 Å². The van der Waals surface area contributed by atoms with Crippen molar-refractivity contribution in [2.75, 3.05) is 13.1 Å². The van der Waals surface area contributed by atoms with Crippen molar-refractivity contribution in [1.82, 2.24) is 19.8 Å². The van der Waals surface area contributed by atoms with E-state index in [9.17, 15) is 9.18 Å². The minimum atomic E-state index is -0.548. The van der Waals surface area contributed by atoms with E-state index in [1.54, 1.807) is 6.07 Å². The molecular formula is C30H28ClFN4O. The van der Waals surface area contributed by atoms with Crippen LogP contribution in [0.15, 0.2) is 66.9 Å². The fraction of sp³-hybridized carbons (Fsp3) is 0.267. The van der Waals surface area contributed by atoms with Crippen molar-refractivity contribution < 1.29 is 9.18 Å². The van der Waals surface area contributed by atoms with Gasteiger partial charge < -0.3 is 5.32 Å². The summed E-state index contributed by atoms with van der Waals surface area (Å²) in [4.78, 5) is 19.4. The number of aromatic nitrogens is 2. The molecule has 3 heterocycles. The molecule has 2 aromatic carbocycles. The Morgan fingerprint density at radius 1 is 1.14 bits per heavy atom. The third kappa shape index (κ3) is 5.17. The van der Waals surface area contributed by atoms with Crippen molar-refractivity contribution in [3.63, 3.8) is 0 Å². The first-order chi connectivity index (χ1) is 18.0. The Bertz CT molecular complexity index is 1490. The third-order valence-corrected chi connectivity index (χ3v) is 7.53. The van der Waals surface area contributed by atoms with E-state index < -0.39 is 5.95 Å². The first-order valence-corrected chi connectivity index (χ1v) is 13.1. The Hall–Kier alpha value is -3.48. The van der Waals surface area contributed by atoms with Gasteiger partial charge in [-0.2, -0.15) is 4.39 Å². The molecule has 1 aliphatic carbocycles. The Kier molecular flexibility index (Phi) is 6.53. The topological polar surface area (TPSA) is 50.2 Å². The van der Waals surface area contributed by atoms with Crippen LogP contribution < -0.4 is 5.32 Å². The molecule has 2 aromatic heterocycles. The Labute approximate surface area is 220 Å². The van der Waals surface area contributed by atoms with Gasteiger partial charge in [-0.25, -0.2) is 9.78 Å². The van der Waals surface area contributed by atoms with Crippen molar-refractivity contribution in [3.05, 3.63) is 106 Å². The summed E-state index contributed by atoms with van der Waals surface area (Å²) in [6.45, 7) is 2.73. The van der Waals surface area contributed by atoms with Crippen molar-refractivity contribution in [3.8, 4) is 0 Å². The van der Waals surface area contributed by atoms with Crippen LogP contribution >= 0.6 is 11.6 Å². The molecule has 2 aliphatic rings. The van der Waals surface area contributed by atoms with E-state index in [1.165, 1.54) is 36.2 Å². The highest BCUT2D eigenvalue weighted by Gasteiger charge is 2.29. The zero-order valence-electron chi connectivity index (χ0n) is 20.5. The van der Waals surface area contributed by atoms with Crippen molar-refractivity contribution in [1.29, 1.82) is 0 Å². The average Bonchev–Trinajstić information content (AvgIpc) is 3.71. The fourth-order valence-electron chi connectivity index (χ4n) is 5.21. The molecule has 37 heavy (non-hydrogen) atoms. The number of amides is 1. The van der Waals surface area contributed by atoms with Crippen LogP contribution in [0.2, 0.25) is 5.02 Å². The number of hydrogen-bond donors (Lipinski definition) is 1. The largest absolute Gasteiger partial charge is 0.333 e. The van der Waals surface area contributed by atoms with Crippen LogP contribution in [-0.2, 0) is 19.5 Å². The molecule has 1 fully saturated rings. The lowest BCUT2D eigenvalue weighted by Gasteiger charge is -2.27. The molecule has 1 aliphatic heterocycles. The summed E-state index contributed by atoms with van der Waals surface area (Å²) in [5.41, 5.74) is 6.40. The summed E-state index contributed by atoms with van der Waals surface area (Å²) in [5, 5.41) is 4.88. The van der Waals surface area contributed by atoms with Gasteiger partial charge in [0.1, 0.15) is 0 Å². The predicted octanol–water partition coefficient (Wildman–Crippen LogP) is 6.54. The zero-order chi connectivity index (χ0) is 25.4. The van der Waals surface area contributed by atoms with E-state index in [-0.39, 0.29) is 12.6 Å². The first kappa shape index (κ1) is 23.9. The molecular weight excluding hydrogens is 487 g/mol. The van der Waals surface area contributed by atoms with E-state index in [1.807, 2.05) is 28.8 Å². The van der Waals surface area contributed by atoms with Crippen LogP contribution in [0.3, 0.4) is 0 Å². The van der Waals surface area contributed by atoms with Crippen LogP contribution in [0.5, 0.6) is 0 Å². The maximum absolute atomic E-state index is 13.5. The monoisotopic (exact) mass is 514 g/mol. The smallest absolute Gasteiger partial charge is 0.326 e. The normalized spacial score (nSPS) is 15.8. The highest BCUT2D eigenvalue weighted by Crippen LogP contribution is 2.42. The zero-order valence-corrected chi connectivity index (χ0v) is 21.2. The summed E-state index contributed by atoms with van der Waals surface area (Å²) < 4.78 is 15.3. The number of benzene rings is 2. The molecule has 0 radical (unpaired) electrons. The number of nitrogens with one attached hydrogen (secondary N) is 1. The number of carbonyl (C=O) groups is 1. The van der Waals surface area contributed by atoms with Gasteiger partial charge in [0.15, 0.2) is 0 Å². The Morgan fingerprint density at radius 2 is 1.97 bits per heavy atom. The minimum Gasteiger partial charge on any atom is -0.333 e. The molecule has 5 nitrogen and oxygen atoms in total. The molecule has 0 unspecified atom stereocenters. The van der Waals surface area contributed by atoms with E-state index in [4.69, 9.17) is 11.6 Å². The van der Waals surface area contributed by atoms with Crippen molar-refractivity contribution in [2.45, 2.75) is 38.3 Å². The third-order valence-electron chi connectivity index (χ3n) is 7.28. The second-order valence-corrected chi connectivity index (χ2v) is 10.3. The predicted molar refractivity (Wildman–Crippen MR) is 145 cm³/mol. The van der Waals surface area contributed by atoms with E-state index >= 15 is 0 Å². The highest BCUT2D eigenvalue weighted by atomic mass is 35.5. The lowest BCUT2D eigenvalue weighted by Crippen LogP contribution is -2.34. The van der Waals surface area contributed by atoms with Gasteiger partial charge in [-0.1, -0.05) is 42.0 Å². The summed E-state index contributed by atoms with van der Waals surface area (Å²) in [6.07, 6.45) is 8.98. The van der Waals surface area contributed by atoms with E-state index in [0.29, 0.717) is 11.5 Å². The fourth-order valence-corrected chi connectivity index (χ4v) is 5.34. The number of fused-ring (bicyclic) bond motifs is 3. The van der Waals surface area contributed by atoms with E-state index in [0.717, 1.165) is 53.2 Å². The van der Waals surface area contributed by atoms with Gasteiger partial charge in [0, 0.05) is 54.9 Å². The quantitative estimate of drug-likeness (QED) is 0.297. The molecule has 0 bridgehead atoms. The maximum atomic E-state index is 13.5. The number of carbonyl (C=O) groups excluding carboxylic acids is 1. The number of halogens is 2. The van der Waals surface area contributed by atoms with Crippen LogP contribution in [0, 0.1) is 5.95 Å². The molecule has 0 spiro atoms. The van der Waals surface area contributed by atoms with Gasteiger partial charge in [-0.05, 0) is 77.4 Å². The van der Waals surface area contributed by atoms with Crippen LogP contribution in [0.1, 0.15) is 46.7 Å². The Morgan fingerprint density at radius 3 is 2.76 bits per heavy atom. The van der Waals surface area contributed by atoms with Gasteiger partial charge in [0.25, 0.3) is 0 Å². The second kappa shape index (κ2) is 10.1. The standard InChI is InChI=1S/C30H28ClFN4O/c31-24-8-3-20(4-9-24)2-1-14-35-15-12-28-26(19-35)25-17-23(22-5-6-22)7-10-27(25)36(28)30(37)34-18-21-11-13-33-29(32)16-21/h1-4,7-11,13,16-17,22H,5-6,12,14-15,18-19H2,(H,34,37)/b2-1+. The molecule has 6 rings (SSSR count). The molecule has 0 atom stereocenters. The molecule has 1 N–H and O–H groups in total. The van der Waals surface area contributed by atoms with Gasteiger partial charge in [0.05, 0.1) is 5.52 Å². The molecule has 0 saturated heterocycles. The van der Waals surface area contributed by atoms with Gasteiger partial charge in [0.2, 0.25) is 5.95 Å². The van der Waals surface area contributed by atoms with Gasteiger partial charge >= 0.3 is 6.03 Å². The number of pyridine rings is 1. The molecule has 1 saturated carbocycles. The second-order valence-electron chi connectivity index (χ2n) is 9.90. The lowest BCUT2D eigenvalue weighted by atomic mass is 10.0. The average molecular weight is 515 g/mol. The van der Waals surface area contributed by atoms with Crippen LogP contribution in [-0.4, -0.2) is 33.6 Å². The summed E-state index contributed by atoms with van der Waals surface area (Å²) in [5.74, 6) is 0.0918. The minimum absolute atomic E-state index is 0.182. The Balaban J connectivity index is 1.26. The summed E-state index contributed by atoms with van der Waals surface area (Å²) >= 11 is 6.00.